The zero-order chi connectivity index (χ0) is 15.8. The van der Waals surface area contributed by atoms with Crippen molar-refractivity contribution in [2.45, 2.75) is 0 Å². The van der Waals surface area contributed by atoms with Gasteiger partial charge in [-0.25, -0.2) is 0 Å². The van der Waals surface area contributed by atoms with Crippen LogP contribution in [0.25, 0.3) is 6.08 Å². The first-order chi connectivity index (χ1) is 10.7. The second-order valence-corrected chi connectivity index (χ2v) is 6.08. The second kappa shape index (κ2) is 8.58. The molecule has 0 saturated heterocycles. The lowest BCUT2D eigenvalue weighted by molar-refractivity contribution is -0.111. The van der Waals surface area contributed by atoms with Crippen molar-refractivity contribution in [1.29, 1.82) is 0 Å². The predicted molar refractivity (Wildman–Crippen MR) is 90.8 cm³/mol. The summed E-state index contributed by atoms with van der Waals surface area (Å²) >= 11 is 7.25. The predicted octanol–water partition coefficient (Wildman–Crippen LogP) is 4.08. The average Bonchev–Trinajstić information content (AvgIpc) is 2.93. The fraction of sp³-hybridized carbons (Fsp3) is 0.188. The first kappa shape index (κ1) is 16.5. The van der Waals surface area contributed by atoms with Crippen LogP contribution in [0, 0.1) is 0 Å². The number of carbonyl (C=O) groups excluding carboxylic acids is 1. The van der Waals surface area contributed by atoms with Crippen LogP contribution in [0.5, 0.6) is 5.75 Å². The molecule has 0 fully saturated rings. The first-order valence-electron chi connectivity index (χ1n) is 6.63. The van der Waals surface area contributed by atoms with Gasteiger partial charge in [-0.15, -0.1) is 11.3 Å². The fourth-order valence-corrected chi connectivity index (χ4v) is 2.60. The van der Waals surface area contributed by atoms with Gasteiger partial charge in [-0.05, 0) is 42.5 Å². The molecular formula is C16H16ClNO3S. The summed E-state index contributed by atoms with van der Waals surface area (Å²) in [6.45, 7) is 1.03. The molecule has 2 aromatic rings. The maximum absolute atomic E-state index is 11.8. The van der Waals surface area contributed by atoms with Crippen molar-refractivity contribution in [3.8, 4) is 5.75 Å². The van der Waals surface area contributed by atoms with E-state index in [0.29, 0.717) is 23.2 Å². The molecule has 0 spiro atoms. The van der Waals surface area contributed by atoms with Crippen molar-refractivity contribution in [2.75, 3.05) is 25.6 Å². The fourth-order valence-electron chi connectivity index (χ4n) is 1.64. The highest BCUT2D eigenvalue weighted by molar-refractivity contribution is 7.17. The molecule has 1 amide bonds. The quantitative estimate of drug-likeness (QED) is 0.611. The summed E-state index contributed by atoms with van der Waals surface area (Å²) in [6.07, 6.45) is 3.21. The SMILES string of the molecule is COCCOc1ccc(NC(=O)C=Cc2ccc(Cl)s2)cc1. The number of hydrogen-bond acceptors (Lipinski definition) is 4. The topological polar surface area (TPSA) is 47.6 Å². The highest BCUT2D eigenvalue weighted by atomic mass is 35.5. The lowest BCUT2D eigenvalue weighted by Crippen LogP contribution is -2.08. The number of hydrogen-bond donors (Lipinski definition) is 1. The molecule has 1 aromatic heterocycles. The van der Waals surface area contributed by atoms with E-state index in [1.165, 1.54) is 17.4 Å². The van der Waals surface area contributed by atoms with Crippen molar-refractivity contribution in [3.63, 3.8) is 0 Å². The van der Waals surface area contributed by atoms with Crippen LogP contribution in [0.4, 0.5) is 5.69 Å². The van der Waals surface area contributed by atoms with Crippen LogP contribution in [0.2, 0.25) is 4.34 Å². The van der Waals surface area contributed by atoms with E-state index in [2.05, 4.69) is 5.32 Å². The number of rotatable bonds is 7. The van der Waals surface area contributed by atoms with Gasteiger partial charge in [-0.2, -0.15) is 0 Å². The number of ether oxygens (including phenoxy) is 2. The van der Waals surface area contributed by atoms with E-state index in [-0.39, 0.29) is 5.91 Å². The Morgan fingerprint density at radius 1 is 1.23 bits per heavy atom. The van der Waals surface area contributed by atoms with Gasteiger partial charge in [0.05, 0.1) is 10.9 Å². The first-order valence-corrected chi connectivity index (χ1v) is 7.83. The molecule has 0 bridgehead atoms. The van der Waals surface area contributed by atoms with Gasteiger partial charge in [0.15, 0.2) is 0 Å². The molecule has 1 heterocycles. The smallest absolute Gasteiger partial charge is 0.248 e. The lowest BCUT2D eigenvalue weighted by Gasteiger charge is -2.06. The third-order valence-electron chi connectivity index (χ3n) is 2.67. The largest absolute Gasteiger partial charge is 0.491 e. The van der Waals surface area contributed by atoms with Crippen molar-refractivity contribution >= 4 is 40.6 Å². The van der Waals surface area contributed by atoms with Crippen LogP contribution in [0.15, 0.2) is 42.5 Å². The van der Waals surface area contributed by atoms with Crippen molar-refractivity contribution in [3.05, 3.63) is 51.7 Å². The number of benzene rings is 1. The summed E-state index contributed by atoms with van der Waals surface area (Å²) in [6, 6.07) is 10.8. The number of anilines is 1. The summed E-state index contributed by atoms with van der Waals surface area (Å²) in [5.74, 6) is 0.538. The molecular weight excluding hydrogens is 322 g/mol. The van der Waals surface area contributed by atoms with Gasteiger partial charge in [0.25, 0.3) is 0 Å². The lowest BCUT2D eigenvalue weighted by atomic mass is 10.3. The molecule has 0 radical (unpaired) electrons. The molecule has 6 heteroatoms. The van der Waals surface area contributed by atoms with E-state index in [0.717, 1.165) is 10.6 Å². The highest BCUT2D eigenvalue weighted by Gasteiger charge is 2.00. The summed E-state index contributed by atoms with van der Waals surface area (Å²) in [5.41, 5.74) is 0.706. The van der Waals surface area contributed by atoms with Crippen LogP contribution in [-0.2, 0) is 9.53 Å². The summed E-state index contributed by atoms with van der Waals surface area (Å²) in [4.78, 5) is 12.7. The number of amides is 1. The van der Waals surface area contributed by atoms with Gasteiger partial charge in [-0.3, -0.25) is 4.79 Å². The molecule has 1 aromatic carbocycles. The van der Waals surface area contributed by atoms with Crippen molar-refractivity contribution in [2.24, 2.45) is 0 Å². The van der Waals surface area contributed by atoms with Crippen molar-refractivity contribution < 1.29 is 14.3 Å². The molecule has 0 aliphatic heterocycles. The van der Waals surface area contributed by atoms with E-state index in [1.54, 1.807) is 43.5 Å². The Bertz CT molecular complexity index is 637. The van der Waals surface area contributed by atoms with Crippen LogP contribution in [0.1, 0.15) is 4.88 Å². The molecule has 4 nitrogen and oxygen atoms in total. The third kappa shape index (κ3) is 5.52. The number of methoxy groups -OCH3 is 1. The minimum Gasteiger partial charge on any atom is -0.491 e. The van der Waals surface area contributed by atoms with Gasteiger partial charge in [0.2, 0.25) is 5.91 Å². The Labute approximate surface area is 138 Å². The standard InChI is InChI=1S/C16H16ClNO3S/c1-20-10-11-21-13-4-2-12(3-5-13)18-16(19)9-7-14-6-8-15(17)22-14/h2-9H,10-11H2,1H3,(H,18,19). The number of carbonyl (C=O) groups is 1. The average molecular weight is 338 g/mol. The molecule has 0 unspecified atom stereocenters. The molecule has 0 saturated carbocycles. The van der Waals surface area contributed by atoms with E-state index in [4.69, 9.17) is 21.1 Å². The van der Waals surface area contributed by atoms with Crippen LogP contribution >= 0.6 is 22.9 Å². The van der Waals surface area contributed by atoms with E-state index in [1.807, 2.05) is 6.07 Å². The number of thiophene rings is 1. The Kier molecular flexibility index (Phi) is 6.45. The second-order valence-electron chi connectivity index (χ2n) is 4.33. The maximum Gasteiger partial charge on any atom is 0.248 e. The zero-order valence-corrected chi connectivity index (χ0v) is 13.6. The monoisotopic (exact) mass is 337 g/mol. The Balaban J connectivity index is 1.84. The normalized spacial score (nSPS) is 10.8. The van der Waals surface area contributed by atoms with Gasteiger partial charge >= 0.3 is 0 Å². The van der Waals surface area contributed by atoms with Crippen LogP contribution in [-0.4, -0.2) is 26.2 Å². The summed E-state index contributed by atoms with van der Waals surface area (Å²) in [5, 5.41) is 2.78. The molecule has 2 rings (SSSR count). The van der Waals surface area contributed by atoms with Gasteiger partial charge < -0.3 is 14.8 Å². The number of halogens is 1. The van der Waals surface area contributed by atoms with E-state index < -0.39 is 0 Å². The molecule has 0 atom stereocenters. The van der Waals surface area contributed by atoms with E-state index in [9.17, 15) is 4.79 Å². The van der Waals surface area contributed by atoms with E-state index >= 15 is 0 Å². The van der Waals surface area contributed by atoms with Gasteiger partial charge in [0.1, 0.15) is 12.4 Å². The van der Waals surface area contributed by atoms with Gasteiger partial charge in [-0.1, -0.05) is 11.6 Å². The number of nitrogens with one attached hydrogen (secondary N) is 1. The van der Waals surface area contributed by atoms with Crippen LogP contribution in [0.3, 0.4) is 0 Å². The zero-order valence-electron chi connectivity index (χ0n) is 12.0. The molecule has 0 aliphatic carbocycles. The maximum atomic E-state index is 11.8. The minimum absolute atomic E-state index is 0.197. The Morgan fingerprint density at radius 3 is 2.64 bits per heavy atom. The molecule has 1 N–H and O–H groups in total. The molecule has 116 valence electrons. The van der Waals surface area contributed by atoms with Crippen LogP contribution < -0.4 is 10.1 Å². The Hall–Kier alpha value is -1.82. The highest BCUT2D eigenvalue weighted by Crippen LogP contribution is 2.22. The molecule has 0 aliphatic rings. The van der Waals surface area contributed by atoms with Crippen molar-refractivity contribution in [1.82, 2.24) is 0 Å². The molecule has 22 heavy (non-hydrogen) atoms. The minimum atomic E-state index is -0.197. The summed E-state index contributed by atoms with van der Waals surface area (Å²) < 4.78 is 11.1. The van der Waals surface area contributed by atoms with Gasteiger partial charge in [0, 0.05) is 23.8 Å². The summed E-state index contributed by atoms with van der Waals surface area (Å²) in [7, 11) is 1.62. The third-order valence-corrected chi connectivity index (χ3v) is 3.87. The Morgan fingerprint density at radius 2 is 2.00 bits per heavy atom.